The molecular formula is C22H20ClN5O4. The molecule has 0 saturated heterocycles. The molecule has 2 aromatic heterocycles. The molecule has 0 saturated carbocycles. The lowest BCUT2D eigenvalue weighted by atomic mass is 10.1. The Labute approximate surface area is 187 Å². The van der Waals surface area contributed by atoms with Crippen molar-refractivity contribution in [3.8, 4) is 11.4 Å². The Morgan fingerprint density at radius 1 is 1.19 bits per heavy atom. The number of nitrogens with one attached hydrogen (secondary N) is 2. The molecule has 32 heavy (non-hydrogen) atoms. The standard InChI is InChI=1S/C22H20ClN5O4/c1-12(2)28-17-8-5-14(10-16(17)25-21(30)22(28)31)20-26-19(32-27-20)11-24-18(29)9-13-3-6-15(23)7-4-13/h3-8,10,12H,9,11H2,1-2H3,(H,24,29)(H,25,30). The first-order chi connectivity index (χ1) is 15.3. The van der Waals surface area contributed by atoms with Gasteiger partial charge in [-0.1, -0.05) is 28.9 Å². The highest BCUT2D eigenvalue weighted by Crippen LogP contribution is 2.21. The predicted octanol–water partition coefficient (Wildman–Crippen LogP) is 2.83. The summed E-state index contributed by atoms with van der Waals surface area (Å²) in [5.41, 5.74) is 1.24. The zero-order valence-corrected chi connectivity index (χ0v) is 18.1. The minimum absolute atomic E-state index is 0.0801. The van der Waals surface area contributed by atoms with Gasteiger partial charge in [0.25, 0.3) is 0 Å². The number of hydrogen-bond donors (Lipinski definition) is 2. The average Bonchev–Trinajstić information content (AvgIpc) is 3.23. The van der Waals surface area contributed by atoms with Gasteiger partial charge in [-0.3, -0.25) is 19.0 Å². The number of H-pyrrole nitrogens is 1. The molecule has 0 aliphatic carbocycles. The van der Waals surface area contributed by atoms with Crippen LogP contribution in [0.3, 0.4) is 0 Å². The van der Waals surface area contributed by atoms with Gasteiger partial charge in [0.05, 0.1) is 24.0 Å². The number of aromatic amines is 1. The summed E-state index contributed by atoms with van der Waals surface area (Å²) in [6, 6.07) is 12.0. The third kappa shape index (κ3) is 4.47. The molecule has 0 atom stereocenters. The van der Waals surface area contributed by atoms with E-state index in [1.807, 2.05) is 13.8 Å². The van der Waals surface area contributed by atoms with Crippen molar-refractivity contribution >= 4 is 28.5 Å². The van der Waals surface area contributed by atoms with Crippen molar-refractivity contribution in [3.63, 3.8) is 0 Å². The molecule has 0 bridgehead atoms. The second-order valence-corrected chi connectivity index (χ2v) is 7.98. The van der Waals surface area contributed by atoms with Crippen LogP contribution in [0.1, 0.15) is 31.3 Å². The van der Waals surface area contributed by atoms with E-state index in [0.717, 1.165) is 5.56 Å². The molecule has 0 unspecified atom stereocenters. The highest BCUT2D eigenvalue weighted by atomic mass is 35.5. The van der Waals surface area contributed by atoms with E-state index in [2.05, 4.69) is 20.4 Å². The fourth-order valence-corrected chi connectivity index (χ4v) is 3.49. The third-order valence-electron chi connectivity index (χ3n) is 4.87. The number of carbonyl (C=O) groups excluding carboxylic acids is 1. The van der Waals surface area contributed by atoms with Gasteiger partial charge in [-0.2, -0.15) is 4.98 Å². The van der Waals surface area contributed by atoms with E-state index in [1.54, 1.807) is 42.5 Å². The number of benzene rings is 2. The Kier molecular flexibility index (Phi) is 5.91. The summed E-state index contributed by atoms with van der Waals surface area (Å²) >= 11 is 5.85. The van der Waals surface area contributed by atoms with E-state index >= 15 is 0 Å². The lowest BCUT2D eigenvalue weighted by Crippen LogP contribution is -2.37. The maximum Gasteiger partial charge on any atom is 0.316 e. The normalized spacial score (nSPS) is 11.2. The first kappa shape index (κ1) is 21.5. The van der Waals surface area contributed by atoms with Crippen LogP contribution in [-0.4, -0.2) is 25.6 Å². The predicted molar refractivity (Wildman–Crippen MR) is 120 cm³/mol. The van der Waals surface area contributed by atoms with E-state index in [0.29, 0.717) is 27.4 Å². The zero-order valence-electron chi connectivity index (χ0n) is 17.4. The maximum atomic E-state index is 12.2. The molecule has 4 rings (SSSR count). The number of rotatable bonds is 6. The van der Waals surface area contributed by atoms with Crippen LogP contribution in [0.5, 0.6) is 0 Å². The fourth-order valence-electron chi connectivity index (χ4n) is 3.36. The molecular weight excluding hydrogens is 434 g/mol. The quantitative estimate of drug-likeness (QED) is 0.433. The largest absolute Gasteiger partial charge is 0.347 e. The number of hydrogen-bond acceptors (Lipinski definition) is 6. The molecule has 164 valence electrons. The first-order valence-electron chi connectivity index (χ1n) is 9.94. The summed E-state index contributed by atoms with van der Waals surface area (Å²) in [4.78, 5) is 43.2. The number of halogens is 1. The summed E-state index contributed by atoms with van der Waals surface area (Å²) in [6.07, 6.45) is 0.202. The lowest BCUT2D eigenvalue weighted by molar-refractivity contribution is -0.120. The molecule has 2 N–H and O–H groups in total. The Hall–Kier alpha value is -3.72. The van der Waals surface area contributed by atoms with Gasteiger partial charge in [0.15, 0.2) is 0 Å². The van der Waals surface area contributed by atoms with Crippen LogP contribution in [0.4, 0.5) is 0 Å². The van der Waals surface area contributed by atoms with Crippen molar-refractivity contribution in [2.24, 2.45) is 0 Å². The SMILES string of the molecule is CC(C)n1c(=O)c(=O)[nH]c2cc(-c3noc(CNC(=O)Cc4ccc(Cl)cc4)n3)ccc21. The van der Waals surface area contributed by atoms with E-state index < -0.39 is 11.1 Å². The maximum absolute atomic E-state index is 12.2. The second-order valence-electron chi connectivity index (χ2n) is 7.55. The molecule has 10 heteroatoms. The Morgan fingerprint density at radius 3 is 2.66 bits per heavy atom. The number of amides is 1. The molecule has 0 aliphatic heterocycles. The van der Waals surface area contributed by atoms with Gasteiger partial charge < -0.3 is 14.8 Å². The van der Waals surface area contributed by atoms with Gasteiger partial charge in [0.1, 0.15) is 0 Å². The highest BCUT2D eigenvalue weighted by molar-refractivity contribution is 6.30. The molecule has 4 aromatic rings. The highest BCUT2D eigenvalue weighted by Gasteiger charge is 2.14. The van der Waals surface area contributed by atoms with Gasteiger partial charge in [-0.15, -0.1) is 0 Å². The molecule has 0 aliphatic rings. The summed E-state index contributed by atoms with van der Waals surface area (Å²) in [6.45, 7) is 3.75. The third-order valence-corrected chi connectivity index (χ3v) is 5.13. The van der Waals surface area contributed by atoms with E-state index in [1.165, 1.54) is 4.57 Å². The van der Waals surface area contributed by atoms with Gasteiger partial charge in [-0.25, -0.2) is 0 Å². The summed E-state index contributed by atoms with van der Waals surface area (Å²) in [7, 11) is 0. The zero-order chi connectivity index (χ0) is 22.8. The van der Waals surface area contributed by atoms with Crippen LogP contribution in [-0.2, 0) is 17.8 Å². The van der Waals surface area contributed by atoms with Crippen LogP contribution >= 0.6 is 11.6 Å². The van der Waals surface area contributed by atoms with Gasteiger partial charge in [0, 0.05) is 16.6 Å². The van der Waals surface area contributed by atoms with Crippen LogP contribution in [0.25, 0.3) is 22.4 Å². The summed E-state index contributed by atoms with van der Waals surface area (Å²) < 4.78 is 6.67. The number of fused-ring (bicyclic) bond motifs is 1. The van der Waals surface area contributed by atoms with Crippen LogP contribution in [0, 0.1) is 0 Å². The minimum atomic E-state index is -0.694. The summed E-state index contributed by atoms with van der Waals surface area (Å²) in [5, 5.41) is 7.30. The van der Waals surface area contributed by atoms with Crippen LogP contribution in [0.15, 0.2) is 56.6 Å². The molecule has 9 nitrogen and oxygen atoms in total. The number of carbonyl (C=O) groups is 1. The topological polar surface area (TPSA) is 123 Å². The molecule has 0 radical (unpaired) electrons. The van der Waals surface area contributed by atoms with Gasteiger partial charge in [0.2, 0.25) is 17.6 Å². The Bertz CT molecular complexity index is 1400. The molecule has 2 aromatic carbocycles. The van der Waals surface area contributed by atoms with Crippen molar-refractivity contribution in [1.82, 2.24) is 25.0 Å². The van der Waals surface area contributed by atoms with Crippen molar-refractivity contribution in [2.45, 2.75) is 32.9 Å². The van der Waals surface area contributed by atoms with Crippen LogP contribution < -0.4 is 16.4 Å². The first-order valence-corrected chi connectivity index (χ1v) is 10.3. The Morgan fingerprint density at radius 2 is 1.94 bits per heavy atom. The molecule has 0 fully saturated rings. The van der Waals surface area contributed by atoms with Crippen molar-refractivity contribution < 1.29 is 9.32 Å². The Balaban J connectivity index is 1.50. The fraction of sp³-hybridized carbons (Fsp3) is 0.227. The van der Waals surface area contributed by atoms with Crippen molar-refractivity contribution in [3.05, 3.63) is 79.6 Å². The average molecular weight is 454 g/mol. The molecule has 2 heterocycles. The summed E-state index contributed by atoms with van der Waals surface area (Å²) in [5.74, 6) is 0.351. The second kappa shape index (κ2) is 8.80. The van der Waals surface area contributed by atoms with E-state index in [-0.39, 0.29) is 30.8 Å². The monoisotopic (exact) mass is 453 g/mol. The van der Waals surface area contributed by atoms with Crippen LogP contribution in [0.2, 0.25) is 5.02 Å². The van der Waals surface area contributed by atoms with Gasteiger partial charge in [-0.05, 0) is 49.7 Å². The van der Waals surface area contributed by atoms with E-state index in [4.69, 9.17) is 16.1 Å². The van der Waals surface area contributed by atoms with Crippen molar-refractivity contribution in [1.29, 1.82) is 0 Å². The smallest absolute Gasteiger partial charge is 0.316 e. The number of nitrogens with zero attached hydrogens (tertiary/aromatic N) is 3. The lowest BCUT2D eigenvalue weighted by Gasteiger charge is -2.13. The van der Waals surface area contributed by atoms with E-state index in [9.17, 15) is 14.4 Å². The van der Waals surface area contributed by atoms with Gasteiger partial charge >= 0.3 is 11.1 Å². The molecule has 1 amide bonds. The number of aromatic nitrogens is 4. The van der Waals surface area contributed by atoms with Crippen molar-refractivity contribution in [2.75, 3.05) is 0 Å². The minimum Gasteiger partial charge on any atom is -0.347 e. The molecule has 0 spiro atoms.